The summed E-state index contributed by atoms with van der Waals surface area (Å²) >= 11 is 0. The highest BCUT2D eigenvalue weighted by Crippen LogP contribution is 2.17. The summed E-state index contributed by atoms with van der Waals surface area (Å²) in [4.78, 5) is 4.42. The highest BCUT2D eigenvalue weighted by Gasteiger charge is 2.11. The first-order valence-electron chi connectivity index (χ1n) is 7.20. The molecule has 0 unspecified atom stereocenters. The summed E-state index contributed by atoms with van der Waals surface area (Å²) in [5, 5.41) is 3.41. The molecular formula is C17H28N2O. The van der Waals surface area contributed by atoms with Crippen LogP contribution in [0, 0.1) is 0 Å². The third-order valence-corrected chi connectivity index (χ3v) is 2.44. The molecule has 112 valence electrons. The standard InChI is InChI=1S/C17H28N2O/c1-16(2,3)19-12-11-18-13-14-7-9-15(10-8-14)20-17(4,5)6/h7-10,13,19H,11-12H2,1-6H3/b18-13+. The summed E-state index contributed by atoms with van der Waals surface area (Å²) in [6.45, 7) is 14.3. The topological polar surface area (TPSA) is 33.6 Å². The lowest BCUT2D eigenvalue weighted by atomic mass is 10.1. The molecule has 1 N–H and O–H groups in total. The molecule has 0 radical (unpaired) electrons. The van der Waals surface area contributed by atoms with Crippen molar-refractivity contribution >= 4 is 6.21 Å². The molecule has 1 rings (SSSR count). The fourth-order valence-corrected chi connectivity index (χ4v) is 1.64. The first-order chi connectivity index (χ1) is 9.16. The Morgan fingerprint density at radius 1 is 1.05 bits per heavy atom. The molecule has 0 aliphatic heterocycles. The molecule has 0 aromatic heterocycles. The van der Waals surface area contributed by atoms with Crippen LogP contribution >= 0.6 is 0 Å². The number of hydrogen-bond acceptors (Lipinski definition) is 3. The zero-order chi connectivity index (χ0) is 15.2. The van der Waals surface area contributed by atoms with Crippen molar-refractivity contribution in [3.8, 4) is 5.75 Å². The van der Waals surface area contributed by atoms with Gasteiger partial charge in [0.2, 0.25) is 0 Å². The molecule has 20 heavy (non-hydrogen) atoms. The summed E-state index contributed by atoms with van der Waals surface area (Å²) in [5.41, 5.74) is 1.09. The summed E-state index contributed by atoms with van der Waals surface area (Å²) in [6, 6.07) is 8.03. The van der Waals surface area contributed by atoms with Gasteiger partial charge in [0, 0.05) is 18.3 Å². The van der Waals surface area contributed by atoms with Gasteiger partial charge in [-0.05, 0) is 71.4 Å². The van der Waals surface area contributed by atoms with E-state index in [1.807, 2.05) is 51.3 Å². The fraction of sp³-hybridized carbons (Fsp3) is 0.588. The zero-order valence-corrected chi connectivity index (χ0v) is 13.7. The van der Waals surface area contributed by atoms with E-state index in [1.54, 1.807) is 0 Å². The van der Waals surface area contributed by atoms with Gasteiger partial charge in [0.25, 0.3) is 0 Å². The van der Waals surface area contributed by atoms with E-state index in [0.29, 0.717) is 0 Å². The summed E-state index contributed by atoms with van der Waals surface area (Å²) in [7, 11) is 0. The monoisotopic (exact) mass is 276 g/mol. The molecule has 3 nitrogen and oxygen atoms in total. The summed E-state index contributed by atoms with van der Waals surface area (Å²) in [5.74, 6) is 0.893. The van der Waals surface area contributed by atoms with E-state index in [2.05, 4.69) is 31.1 Å². The molecule has 0 saturated carbocycles. The van der Waals surface area contributed by atoms with E-state index in [-0.39, 0.29) is 11.1 Å². The molecule has 0 amide bonds. The van der Waals surface area contributed by atoms with Crippen LogP contribution < -0.4 is 10.1 Å². The lowest BCUT2D eigenvalue weighted by Gasteiger charge is -2.21. The van der Waals surface area contributed by atoms with E-state index in [0.717, 1.165) is 24.4 Å². The van der Waals surface area contributed by atoms with E-state index >= 15 is 0 Å². The van der Waals surface area contributed by atoms with Gasteiger partial charge in [-0.3, -0.25) is 4.99 Å². The molecule has 0 atom stereocenters. The maximum absolute atomic E-state index is 5.78. The van der Waals surface area contributed by atoms with Crippen LogP contribution in [0.5, 0.6) is 5.75 Å². The summed E-state index contributed by atoms with van der Waals surface area (Å²) in [6.07, 6.45) is 1.91. The Labute approximate surface area is 123 Å². The highest BCUT2D eigenvalue weighted by molar-refractivity contribution is 5.79. The van der Waals surface area contributed by atoms with Crippen LogP contribution in [-0.2, 0) is 0 Å². The van der Waals surface area contributed by atoms with Crippen molar-refractivity contribution in [2.45, 2.75) is 52.7 Å². The van der Waals surface area contributed by atoms with Gasteiger partial charge in [-0.2, -0.15) is 0 Å². The predicted octanol–water partition coefficient (Wildman–Crippen LogP) is 3.67. The lowest BCUT2D eigenvalue weighted by molar-refractivity contribution is 0.131. The molecule has 1 aromatic carbocycles. The molecule has 3 heteroatoms. The largest absolute Gasteiger partial charge is 0.488 e. The average Bonchev–Trinajstić information content (AvgIpc) is 2.27. The van der Waals surface area contributed by atoms with Crippen molar-refractivity contribution in [2.24, 2.45) is 4.99 Å². The molecule has 0 heterocycles. The molecule has 0 aliphatic carbocycles. The van der Waals surface area contributed by atoms with Gasteiger partial charge >= 0.3 is 0 Å². The van der Waals surface area contributed by atoms with Gasteiger partial charge < -0.3 is 10.1 Å². The Morgan fingerprint density at radius 2 is 1.65 bits per heavy atom. The maximum atomic E-state index is 5.78. The van der Waals surface area contributed by atoms with Crippen LogP contribution in [0.25, 0.3) is 0 Å². The second kappa shape index (κ2) is 6.89. The van der Waals surface area contributed by atoms with Crippen LogP contribution in [0.1, 0.15) is 47.1 Å². The predicted molar refractivity (Wildman–Crippen MR) is 87.0 cm³/mol. The molecule has 0 fully saturated rings. The number of benzene rings is 1. The Hall–Kier alpha value is -1.35. The normalized spacial score (nSPS) is 12.9. The molecule has 1 aromatic rings. The van der Waals surface area contributed by atoms with Crippen molar-refractivity contribution in [2.75, 3.05) is 13.1 Å². The van der Waals surface area contributed by atoms with Crippen LogP contribution in [0.2, 0.25) is 0 Å². The molecule has 0 spiro atoms. The Balaban J connectivity index is 2.41. The van der Waals surface area contributed by atoms with E-state index < -0.39 is 0 Å². The van der Waals surface area contributed by atoms with Gasteiger partial charge in [0.05, 0.1) is 6.54 Å². The minimum absolute atomic E-state index is 0.154. The van der Waals surface area contributed by atoms with Crippen LogP contribution in [0.15, 0.2) is 29.3 Å². The molecular weight excluding hydrogens is 248 g/mol. The van der Waals surface area contributed by atoms with E-state index in [4.69, 9.17) is 4.74 Å². The van der Waals surface area contributed by atoms with E-state index in [9.17, 15) is 0 Å². The second-order valence-corrected chi connectivity index (χ2v) is 7.00. The molecule has 0 bridgehead atoms. The Kier molecular flexibility index (Phi) is 5.75. The van der Waals surface area contributed by atoms with E-state index in [1.165, 1.54) is 0 Å². The number of nitrogens with zero attached hydrogens (tertiary/aromatic N) is 1. The molecule has 0 aliphatic rings. The van der Waals surface area contributed by atoms with Gasteiger partial charge in [-0.15, -0.1) is 0 Å². The van der Waals surface area contributed by atoms with Gasteiger partial charge in [0.15, 0.2) is 0 Å². The lowest BCUT2D eigenvalue weighted by Crippen LogP contribution is -2.37. The number of nitrogens with one attached hydrogen (secondary N) is 1. The third kappa shape index (κ3) is 7.95. The van der Waals surface area contributed by atoms with Crippen molar-refractivity contribution in [1.29, 1.82) is 0 Å². The van der Waals surface area contributed by atoms with Crippen molar-refractivity contribution in [1.82, 2.24) is 5.32 Å². The highest BCUT2D eigenvalue weighted by atomic mass is 16.5. The number of ether oxygens (including phenoxy) is 1. The number of hydrogen-bond donors (Lipinski definition) is 1. The minimum Gasteiger partial charge on any atom is -0.488 e. The molecule has 0 saturated heterocycles. The Bertz CT molecular complexity index is 422. The summed E-state index contributed by atoms with van der Waals surface area (Å²) < 4.78 is 5.78. The smallest absolute Gasteiger partial charge is 0.120 e. The first-order valence-corrected chi connectivity index (χ1v) is 7.20. The van der Waals surface area contributed by atoms with Gasteiger partial charge in [-0.1, -0.05) is 0 Å². The number of rotatable bonds is 5. The van der Waals surface area contributed by atoms with Crippen molar-refractivity contribution < 1.29 is 4.74 Å². The fourth-order valence-electron chi connectivity index (χ4n) is 1.64. The van der Waals surface area contributed by atoms with Crippen molar-refractivity contribution in [3.63, 3.8) is 0 Å². The van der Waals surface area contributed by atoms with Crippen LogP contribution in [-0.4, -0.2) is 30.4 Å². The second-order valence-electron chi connectivity index (χ2n) is 7.00. The number of aliphatic imine (C=N–C) groups is 1. The third-order valence-electron chi connectivity index (χ3n) is 2.44. The maximum Gasteiger partial charge on any atom is 0.120 e. The van der Waals surface area contributed by atoms with Crippen LogP contribution in [0.3, 0.4) is 0 Å². The SMILES string of the molecule is CC(C)(C)NCC/N=C/c1ccc(OC(C)(C)C)cc1. The van der Waals surface area contributed by atoms with Crippen molar-refractivity contribution in [3.05, 3.63) is 29.8 Å². The average molecular weight is 276 g/mol. The first kappa shape index (κ1) is 16.7. The zero-order valence-electron chi connectivity index (χ0n) is 13.7. The Morgan fingerprint density at radius 3 is 2.15 bits per heavy atom. The quantitative estimate of drug-likeness (QED) is 0.657. The van der Waals surface area contributed by atoms with Crippen LogP contribution in [0.4, 0.5) is 0 Å². The van der Waals surface area contributed by atoms with Gasteiger partial charge in [-0.25, -0.2) is 0 Å². The van der Waals surface area contributed by atoms with Gasteiger partial charge in [0.1, 0.15) is 11.4 Å². The minimum atomic E-state index is -0.159.